The third kappa shape index (κ3) is 1.10. The quantitative estimate of drug-likeness (QED) is 0.514. The molecule has 0 saturated carbocycles. The van der Waals surface area contributed by atoms with Gasteiger partial charge in [-0.15, -0.1) is 11.8 Å². The summed E-state index contributed by atoms with van der Waals surface area (Å²) in [5.41, 5.74) is -0.280. The molecular formula is C5H7O2S-. The van der Waals surface area contributed by atoms with E-state index in [1.165, 1.54) is 11.8 Å². The maximum absolute atomic E-state index is 10.6. The average molecular weight is 132 g/mol. The van der Waals surface area contributed by atoms with Gasteiger partial charge < -0.3 is 9.84 Å². The Labute approximate surface area is 53.9 Å². The molecule has 1 rings (SSSR count). The maximum atomic E-state index is 10.6. The molecule has 0 N–H and O–H groups in total. The fourth-order valence-corrected chi connectivity index (χ4v) is 0.907. The molecule has 1 aliphatic heterocycles. The second kappa shape index (κ2) is 2.31. The molecule has 2 nitrogen and oxygen atoms in total. The van der Waals surface area contributed by atoms with Crippen molar-refractivity contribution in [3.8, 4) is 0 Å². The summed E-state index contributed by atoms with van der Waals surface area (Å²) in [5.74, 6) is -0.227. The molecule has 8 heavy (non-hydrogen) atoms. The fraction of sp³-hybridized carbons (Fsp3) is 0.600. The normalized spacial score (nSPS) is 38.1. The third-order valence-corrected chi connectivity index (χ3v) is 1.56. The van der Waals surface area contributed by atoms with Crippen molar-refractivity contribution in [2.45, 2.75) is 11.8 Å². The van der Waals surface area contributed by atoms with Crippen molar-refractivity contribution in [2.75, 3.05) is 6.26 Å². The van der Waals surface area contributed by atoms with Crippen LogP contribution in [0.25, 0.3) is 0 Å². The van der Waals surface area contributed by atoms with Crippen molar-refractivity contribution in [1.82, 2.24) is 0 Å². The minimum Gasteiger partial charge on any atom is -0.873 e. The molecule has 0 bridgehead atoms. The van der Waals surface area contributed by atoms with Crippen LogP contribution in [0.5, 0.6) is 0 Å². The molecule has 0 fully saturated rings. The molecule has 2 atom stereocenters. The molecular weight excluding hydrogens is 124 g/mol. The first-order valence-electron chi connectivity index (χ1n) is 2.81. The number of hydrogen-bond donors (Lipinski definition) is 0. The van der Waals surface area contributed by atoms with E-state index in [2.05, 4.69) is 0 Å². The van der Waals surface area contributed by atoms with Crippen LogP contribution in [0.3, 0.4) is 0 Å². The van der Waals surface area contributed by atoms with Gasteiger partial charge in [-0.25, -0.2) is 0 Å². The van der Waals surface area contributed by atoms with E-state index in [0.717, 1.165) is 6.26 Å². The number of thioether (sulfide) groups is 1. The first-order valence-corrected chi connectivity index (χ1v) is 3.52. The summed E-state index contributed by atoms with van der Waals surface area (Å²) in [4.78, 5) is 0. The zero-order valence-corrected chi connectivity index (χ0v) is 5.27. The Hall–Kier alpha value is -0.310. The second-order valence-corrected chi connectivity index (χ2v) is 2.36. The molecule has 1 heterocycles. The van der Waals surface area contributed by atoms with Crippen molar-refractivity contribution in [2.24, 2.45) is 0 Å². The SMILES string of the molecule is [2H]C1C([O-])=COC1SC. The average Bonchev–Trinajstić information content (AvgIpc) is 2.15. The van der Waals surface area contributed by atoms with Crippen LogP contribution in [0, 0.1) is 0 Å². The van der Waals surface area contributed by atoms with Gasteiger partial charge in [-0.1, -0.05) is 5.76 Å². The summed E-state index contributed by atoms with van der Waals surface area (Å²) in [6.45, 7) is 0. The molecule has 1 aliphatic rings. The summed E-state index contributed by atoms with van der Waals surface area (Å²) in [5, 5.41) is 10.6. The van der Waals surface area contributed by atoms with Crippen molar-refractivity contribution >= 4 is 11.8 Å². The van der Waals surface area contributed by atoms with Crippen molar-refractivity contribution in [3.05, 3.63) is 12.0 Å². The Morgan fingerprint density at radius 3 is 3.25 bits per heavy atom. The maximum Gasteiger partial charge on any atom is 0.146 e. The molecule has 0 radical (unpaired) electrons. The number of ether oxygens (including phenoxy) is 1. The van der Waals surface area contributed by atoms with Crippen LogP contribution in [0.15, 0.2) is 12.0 Å². The lowest BCUT2D eigenvalue weighted by molar-refractivity contribution is -0.305. The van der Waals surface area contributed by atoms with Gasteiger partial charge in [0.2, 0.25) is 0 Å². The van der Waals surface area contributed by atoms with Gasteiger partial charge in [-0.05, 0) is 6.26 Å². The van der Waals surface area contributed by atoms with E-state index in [1.54, 1.807) is 0 Å². The van der Waals surface area contributed by atoms with E-state index in [1.807, 2.05) is 6.26 Å². The van der Waals surface area contributed by atoms with Crippen molar-refractivity contribution in [3.63, 3.8) is 0 Å². The second-order valence-electron chi connectivity index (χ2n) is 1.43. The molecule has 0 aromatic carbocycles. The first-order chi connectivity index (χ1) is 4.25. The topological polar surface area (TPSA) is 32.3 Å². The first kappa shape index (κ1) is 4.56. The van der Waals surface area contributed by atoms with Crippen LogP contribution in [0.1, 0.15) is 7.77 Å². The van der Waals surface area contributed by atoms with E-state index >= 15 is 0 Å². The molecule has 0 amide bonds. The third-order valence-electron chi connectivity index (χ3n) is 0.851. The minimum atomic E-state index is -0.708. The molecule has 0 aromatic rings. The fourth-order valence-electron chi connectivity index (χ4n) is 0.470. The van der Waals surface area contributed by atoms with Crippen LogP contribution in [-0.2, 0) is 4.74 Å². The lowest BCUT2D eigenvalue weighted by atomic mass is 10.4. The van der Waals surface area contributed by atoms with Gasteiger partial charge in [0.05, 0.1) is 6.26 Å². The highest BCUT2D eigenvalue weighted by Crippen LogP contribution is 2.21. The minimum absolute atomic E-state index is 0.227. The zero-order valence-electron chi connectivity index (χ0n) is 5.46. The van der Waals surface area contributed by atoms with Gasteiger partial charge >= 0.3 is 0 Å². The summed E-state index contributed by atoms with van der Waals surface area (Å²) < 4.78 is 12.0. The summed E-state index contributed by atoms with van der Waals surface area (Å²) in [6, 6.07) is 0. The van der Waals surface area contributed by atoms with Gasteiger partial charge in [0.25, 0.3) is 0 Å². The Morgan fingerprint density at radius 1 is 2.25 bits per heavy atom. The van der Waals surface area contributed by atoms with Crippen LogP contribution >= 0.6 is 11.8 Å². The molecule has 2 unspecified atom stereocenters. The van der Waals surface area contributed by atoms with E-state index < -0.39 is 6.40 Å². The summed E-state index contributed by atoms with van der Waals surface area (Å²) >= 11 is 1.38. The van der Waals surface area contributed by atoms with Gasteiger partial charge in [0.15, 0.2) is 0 Å². The van der Waals surface area contributed by atoms with E-state index in [9.17, 15) is 5.11 Å². The number of rotatable bonds is 1. The molecule has 0 aromatic heterocycles. The Balaban J connectivity index is 2.51. The predicted molar refractivity (Wildman–Crippen MR) is 31.1 cm³/mol. The van der Waals surface area contributed by atoms with Crippen LogP contribution in [0.2, 0.25) is 0 Å². The number of hydrogen-bond acceptors (Lipinski definition) is 3. The van der Waals surface area contributed by atoms with Gasteiger partial charge in [-0.3, -0.25) is 0 Å². The van der Waals surface area contributed by atoms with E-state index in [0.29, 0.717) is 0 Å². The lowest BCUT2D eigenvalue weighted by Gasteiger charge is -2.05. The van der Waals surface area contributed by atoms with Gasteiger partial charge in [0.1, 0.15) is 5.44 Å². The van der Waals surface area contributed by atoms with Crippen molar-refractivity contribution < 1.29 is 11.2 Å². The summed E-state index contributed by atoms with van der Waals surface area (Å²) in [6.07, 6.45) is 2.23. The highest BCUT2D eigenvalue weighted by atomic mass is 32.2. The van der Waals surface area contributed by atoms with E-state index in [-0.39, 0.29) is 11.2 Å². The smallest absolute Gasteiger partial charge is 0.146 e. The highest BCUT2D eigenvalue weighted by Gasteiger charge is 2.09. The Kier molecular flexibility index (Phi) is 1.31. The van der Waals surface area contributed by atoms with E-state index in [4.69, 9.17) is 6.11 Å². The standard InChI is InChI=1S/C5H8O2S/c1-8-5-2-4(6)3-7-5/h3,5-6H,2H2,1H3/p-1/i2D. The highest BCUT2D eigenvalue weighted by molar-refractivity contribution is 7.99. The lowest BCUT2D eigenvalue weighted by Crippen LogP contribution is -2.03. The Bertz CT molecular complexity index is 137. The van der Waals surface area contributed by atoms with Gasteiger partial charge in [-0.2, -0.15) is 0 Å². The largest absolute Gasteiger partial charge is 0.873 e. The molecule has 0 spiro atoms. The zero-order chi connectivity index (χ0) is 6.85. The van der Waals surface area contributed by atoms with Crippen LogP contribution in [0.4, 0.5) is 0 Å². The molecule has 0 aliphatic carbocycles. The molecule has 46 valence electrons. The Morgan fingerprint density at radius 2 is 3.00 bits per heavy atom. The monoisotopic (exact) mass is 132 g/mol. The predicted octanol–water partition coefficient (Wildman–Crippen LogP) is 0.297. The molecule has 0 saturated heterocycles. The summed E-state index contributed by atoms with van der Waals surface area (Å²) in [7, 11) is 0. The van der Waals surface area contributed by atoms with Crippen molar-refractivity contribution in [1.29, 1.82) is 0 Å². The molecule has 3 heteroatoms. The van der Waals surface area contributed by atoms with Crippen LogP contribution < -0.4 is 5.11 Å². The van der Waals surface area contributed by atoms with Gasteiger partial charge in [0, 0.05) is 7.77 Å². The van der Waals surface area contributed by atoms with Crippen LogP contribution in [-0.4, -0.2) is 11.7 Å².